The number of nitrogens with zero attached hydrogens (tertiary/aromatic N) is 3. The number of hydrogen-bond acceptors (Lipinski definition) is 3. The SMILES string of the molecule is COc1cccc(-n2nc(C)cc2-c2ccnc(C)c2)c1. The van der Waals surface area contributed by atoms with Crippen LogP contribution in [-0.4, -0.2) is 21.9 Å². The molecule has 0 radical (unpaired) electrons. The van der Waals surface area contributed by atoms with E-state index in [-0.39, 0.29) is 0 Å². The van der Waals surface area contributed by atoms with Crippen molar-refractivity contribution in [3.63, 3.8) is 0 Å². The molecular weight excluding hydrogens is 262 g/mol. The van der Waals surface area contributed by atoms with Gasteiger partial charge in [-0.3, -0.25) is 4.98 Å². The van der Waals surface area contributed by atoms with Crippen LogP contribution in [0.4, 0.5) is 0 Å². The van der Waals surface area contributed by atoms with E-state index < -0.39 is 0 Å². The Morgan fingerprint density at radius 3 is 2.62 bits per heavy atom. The summed E-state index contributed by atoms with van der Waals surface area (Å²) in [6.45, 7) is 3.98. The number of ether oxygens (including phenoxy) is 1. The molecule has 0 amide bonds. The molecule has 0 atom stereocenters. The largest absolute Gasteiger partial charge is 0.497 e. The lowest BCUT2D eigenvalue weighted by atomic mass is 10.1. The van der Waals surface area contributed by atoms with Crippen molar-refractivity contribution >= 4 is 0 Å². The molecule has 0 unspecified atom stereocenters. The molecular formula is C17H17N3O. The molecule has 0 N–H and O–H groups in total. The number of pyridine rings is 1. The predicted octanol–water partition coefficient (Wildman–Crippen LogP) is 3.56. The second-order valence-electron chi connectivity index (χ2n) is 4.97. The minimum atomic E-state index is 0.817. The van der Waals surface area contributed by atoms with Gasteiger partial charge in [0.15, 0.2) is 0 Å². The smallest absolute Gasteiger partial charge is 0.121 e. The molecule has 3 rings (SSSR count). The number of aryl methyl sites for hydroxylation is 2. The summed E-state index contributed by atoms with van der Waals surface area (Å²) in [5.41, 5.74) is 5.09. The number of benzene rings is 1. The highest BCUT2D eigenvalue weighted by molar-refractivity contribution is 5.63. The molecule has 0 saturated carbocycles. The fourth-order valence-corrected chi connectivity index (χ4v) is 2.35. The maximum atomic E-state index is 5.30. The molecule has 106 valence electrons. The van der Waals surface area contributed by atoms with Gasteiger partial charge in [-0.05, 0) is 44.2 Å². The molecule has 4 heteroatoms. The first-order valence-corrected chi connectivity index (χ1v) is 6.81. The van der Waals surface area contributed by atoms with Crippen molar-refractivity contribution < 1.29 is 4.74 Å². The average molecular weight is 279 g/mol. The van der Waals surface area contributed by atoms with Crippen molar-refractivity contribution in [3.05, 3.63) is 60.0 Å². The maximum Gasteiger partial charge on any atom is 0.121 e. The van der Waals surface area contributed by atoms with Crippen LogP contribution in [0.2, 0.25) is 0 Å². The third-order valence-corrected chi connectivity index (χ3v) is 3.32. The lowest BCUT2D eigenvalue weighted by Gasteiger charge is -2.09. The van der Waals surface area contributed by atoms with Gasteiger partial charge in [0.25, 0.3) is 0 Å². The molecule has 0 spiro atoms. The summed E-state index contributed by atoms with van der Waals surface area (Å²) in [6, 6.07) is 14.0. The Hall–Kier alpha value is -2.62. The molecule has 0 aliphatic carbocycles. The standard InChI is InChI=1S/C17H17N3O/c1-12-9-14(7-8-18-12)17-10-13(2)19-20(17)15-5-4-6-16(11-15)21-3/h4-11H,1-3H3. The molecule has 0 bridgehead atoms. The summed E-state index contributed by atoms with van der Waals surface area (Å²) in [5.74, 6) is 0.817. The van der Waals surface area contributed by atoms with Gasteiger partial charge >= 0.3 is 0 Å². The predicted molar refractivity (Wildman–Crippen MR) is 82.8 cm³/mol. The van der Waals surface area contributed by atoms with Gasteiger partial charge in [0.05, 0.1) is 24.2 Å². The molecule has 21 heavy (non-hydrogen) atoms. The molecule has 2 heterocycles. The van der Waals surface area contributed by atoms with E-state index in [0.29, 0.717) is 0 Å². The minimum Gasteiger partial charge on any atom is -0.497 e. The van der Waals surface area contributed by atoms with E-state index in [1.165, 1.54) is 0 Å². The Kier molecular flexibility index (Phi) is 3.44. The van der Waals surface area contributed by atoms with Crippen LogP contribution in [0.25, 0.3) is 16.9 Å². The van der Waals surface area contributed by atoms with E-state index >= 15 is 0 Å². The zero-order valence-electron chi connectivity index (χ0n) is 12.4. The van der Waals surface area contributed by atoms with Crippen LogP contribution in [0.1, 0.15) is 11.4 Å². The normalized spacial score (nSPS) is 10.6. The van der Waals surface area contributed by atoms with Gasteiger partial charge in [0.2, 0.25) is 0 Å². The summed E-state index contributed by atoms with van der Waals surface area (Å²) in [7, 11) is 1.67. The van der Waals surface area contributed by atoms with Crippen LogP contribution < -0.4 is 4.74 Å². The molecule has 4 nitrogen and oxygen atoms in total. The van der Waals surface area contributed by atoms with Crippen LogP contribution in [-0.2, 0) is 0 Å². The molecule has 0 aliphatic rings. The van der Waals surface area contributed by atoms with E-state index in [4.69, 9.17) is 4.74 Å². The van der Waals surface area contributed by atoms with Gasteiger partial charge in [-0.1, -0.05) is 6.07 Å². The van der Waals surface area contributed by atoms with E-state index in [1.54, 1.807) is 7.11 Å². The van der Waals surface area contributed by atoms with Gasteiger partial charge in [-0.2, -0.15) is 5.10 Å². The van der Waals surface area contributed by atoms with Crippen LogP contribution in [0.3, 0.4) is 0 Å². The Labute approximate surface area is 124 Å². The Balaban J connectivity index is 2.15. The van der Waals surface area contributed by atoms with Gasteiger partial charge < -0.3 is 4.74 Å². The van der Waals surface area contributed by atoms with E-state index in [2.05, 4.69) is 22.2 Å². The highest BCUT2D eigenvalue weighted by Crippen LogP contribution is 2.25. The highest BCUT2D eigenvalue weighted by atomic mass is 16.5. The van der Waals surface area contributed by atoms with Crippen molar-refractivity contribution in [2.24, 2.45) is 0 Å². The maximum absolute atomic E-state index is 5.30. The summed E-state index contributed by atoms with van der Waals surface area (Å²) < 4.78 is 7.23. The Morgan fingerprint density at radius 2 is 1.86 bits per heavy atom. The van der Waals surface area contributed by atoms with Crippen LogP contribution in [0.15, 0.2) is 48.7 Å². The van der Waals surface area contributed by atoms with Crippen molar-refractivity contribution in [2.75, 3.05) is 7.11 Å². The zero-order chi connectivity index (χ0) is 14.8. The first kappa shape index (κ1) is 13.4. The lowest BCUT2D eigenvalue weighted by Crippen LogP contribution is -2.00. The number of rotatable bonds is 3. The quantitative estimate of drug-likeness (QED) is 0.736. The third kappa shape index (κ3) is 2.65. The monoisotopic (exact) mass is 279 g/mol. The van der Waals surface area contributed by atoms with Gasteiger partial charge in [0.1, 0.15) is 5.75 Å². The van der Waals surface area contributed by atoms with E-state index in [1.807, 2.05) is 55.1 Å². The van der Waals surface area contributed by atoms with Crippen LogP contribution >= 0.6 is 0 Å². The second-order valence-corrected chi connectivity index (χ2v) is 4.97. The molecule has 3 aromatic rings. The van der Waals surface area contributed by atoms with Crippen molar-refractivity contribution in [1.29, 1.82) is 0 Å². The summed E-state index contributed by atoms with van der Waals surface area (Å²) in [4.78, 5) is 4.25. The van der Waals surface area contributed by atoms with Gasteiger partial charge in [-0.15, -0.1) is 0 Å². The highest BCUT2D eigenvalue weighted by Gasteiger charge is 2.10. The van der Waals surface area contributed by atoms with Crippen molar-refractivity contribution in [1.82, 2.24) is 14.8 Å². The Morgan fingerprint density at radius 1 is 1.00 bits per heavy atom. The number of methoxy groups -OCH3 is 1. The zero-order valence-corrected chi connectivity index (χ0v) is 12.4. The third-order valence-electron chi connectivity index (χ3n) is 3.32. The first-order chi connectivity index (χ1) is 10.2. The first-order valence-electron chi connectivity index (χ1n) is 6.81. The second kappa shape index (κ2) is 5.40. The minimum absolute atomic E-state index is 0.817. The fraction of sp³-hybridized carbons (Fsp3) is 0.176. The molecule has 2 aromatic heterocycles. The van der Waals surface area contributed by atoms with Crippen LogP contribution in [0, 0.1) is 13.8 Å². The average Bonchev–Trinajstić information content (AvgIpc) is 2.89. The summed E-state index contributed by atoms with van der Waals surface area (Å²) in [6.07, 6.45) is 1.82. The summed E-state index contributed by atoms with van der Waals surface area (Å²) in [5, 5.41) is 4.60. The number of hydrogen-bond donors (Lipinski definition) is 0. The topological polar surface area (TPSA) is 39.9 Å². The van der Waals surface area contributed by atoms with Crippen molar-refractivity contribution in [3.8, 4) is 22.7 Å². The lowest BCUT2D eigenvalue weighted by molar-refractivity contribution is 0.414. The van der Waals surface area contributed by atoms with Gasteiger partial charge in [0, 0.05) is 23.5 Å². The molecule has 1 aromatic carbocycles. The van der Waals surface area contributed by atoms with Crippen molar-refractivity contribution in [2.45, 2.75) is 13.8 Å². The molecule has 0 aliphatic heterocycles. The van der Waals surface area contributed by atoms with Gasteiger partial charge in [-0.25, -0.2) is 4.68 Å². The van der Waals surface area contributed by atoms with Crippen LogP contribution in [0.5, 0.6) is 5.75 Å². The van der Waals surface area contributed by atoms with E-state index in [0.717, 1.165) is 34.1 Å². The van der Waals surface area contributed by atoms with E-state index in [9.17, 15) is 0 Å². The summed E-state index contributed by atoms with van der Waals surface area (Å²) >= 11 is 0. The Bertz CT molecular complexity index is 777. The number of aromatic nitrogens is 3. The fourth-order valence-electron chi connectivity index (χ4n) is 2.35. The molecule has 0 saturated heterocycles. The molecule has 0 fully saturated rings.